The van der Waals surface area contributed by atoms with Crippen LogP contribution in [-0.4, -0.2) is 83.2 Å². The van der Waals surface area contributed by atoms with E-state index in [1.165, 1.54) is 11.6 Å². The second-order valence-corrected chi connectivity index (χ2v) is 12.3. The Morgan fingerprint density at radius 3 is 2.58 bits per heavy atom. The van der Waals surface area contributed by atoms with Crippen molar-refractivity contribution in [2.24, 2.45) is 5.92 Å². The van der Waals surface area contributed by atoms with E-state index < -0.39 is 0 Å². The van der Waals surface area contributed by atoms with Gasteiger partial charge in [-0.3, -0.25) is 9.69 Å². The van der Waals surface area contributed by atoms with Crippen molar-refractivity contribution in [1.29, 1.82) is 0 Å². The molecule has 45 heavy (non-hydrogen) atoms. The van der Waals surface area contributed by atoms with E-state index in [0.717, 1.165) is 72.6 Å². The minimum absolute atomic E-state index is 0.0322. The van der Waals surface area contributed by atoms with Gasteiger partial charge in [0.05, 0.1) is 18.8 Å². The topological polar surface area (TPSA) is 85.3 Å². The normalized spacial score (nSPS) is 18.7. The Hall–Kier alpha value is -4.63. The van der Waals surface area contributed by atoms with Crippen LogP contribution < -0.4 is 14.5 Å². The molecule has 0 saturated carbocycles. The molecule has 2 fully saturated rings. The number of likely N-dealkylation sites (tertiary alicyclic amines) is 1. The van der Waals surface area contributed by atoms with Crippen LogP contribution in [0.1, 0.15) is 23.2 Å². The zero-order valence-corrected chi connectivity index (χ0v) is 25.6. The molecular formula is C36H40N6O3. The summed E-state index contributed by atoms with van der Waals surface area (Å²) in [6.45, 7) is 11.2. The standard InChI is InChI=1S/C36H40N6O3/c1-2-34(44)40-16-18-41(19-17-40)35-31-13-15-42(33-21-29(43)20-28-10-6-7-11-30(28)33)24-32(31)37-36(38-35)45-25-27-12-14-39(23-27)22-26-8-4-3-5-9-26/h2-11,20-21,27,43H,1,12-19,22-25H2/t27-/m1/s1. The van der Waals surface area contributed by atoms with E-state index in [1.807, 2.05) is 35.2 Å². The van der Waals surface area contributed by atoms with E-state index in [1.54, 1.807) is 0 Å². The Kier molecular flexibility index (Phi) is 8.26. The number of aromatic nitrogens is 2. The van der Waals surface area contributed by atoms with Crippen molar-refractivity contribution < 1.29 is 14.6 Å². The number of nitrogens with zero attached hydrogens (tertiary/aromatic N) is 6. The van der Waals surface area contributed by atoms with Crippen LogP contribution in [0.2, 0.25) is 0 Å². The molecule has 0 aliphatic carbocycles. The van der Waals surface area contributed by atoms with Gasteiger partial charge in [-0.2, -0.15) is 9.97 Å². The average molecular weight is 605 g/mol. The van der Waals surface area contributed by atoms with Gasteiger partial charge in [-0.25, -0.2) is 0 Å². The van der Waals surface area contributed by atoms with E-state index in [0.29, 0.717) is 51.3 Å². The third kappa shape index (κ3) is 6.31. The van der Waals surface area contributed by atoms with Crippen LogP contribution in [0.3, 0.4) is 0 Å². The molecule has 232 valence electrons. The fourth-order valence-corrected chi connectivity index (χ4v) is 6.95. The predicted molar refractivity (Wildman–Crippen MR) is 177 cm³/mol. The second kappa shape index (κ2) is 12.8. The molecule has 2 saturated heterocycles. The molecule has 1 atom stereocenters. The maximum atomic E-state index is 12.2. The summed E-state index contributed by atoms with van der Waals surface area (Å²) >= 11 is 0. The van der Waals surface area contributed by atoms with E-state index in [2.05, 4.69) is 57.7 Å². The number of rotatable bonds is 8. The number of hydrogen-bond acceptors (Lipinski definition) is 8. The Balaban J connectivity index is 1.12. The largest absolute Gasteiger partial charge is 0.508 e. The number of carbonyl (C=O) groups excluding carboxylic acids is 1. The summed E-state index contributed by atoms with van der Waals surface area (Å²) in [6, 6.07) is 22.9. The van der Waals surface area contributed by atoms with Crippen molar-refractivity contribution in [2.75, 3.05) is 62.2 Å². The molecule has 0 radical (unpaired) electrons. The first-order valence-electron chi connectivity index (χ1n) is 16.0. The van der Waals surface area contributed by atoms with Crippen molar-refractivity contribution in [2.45, 2.75) is 25.9 Å². The smallest absolute Gasteiger partial charge is 0.318 e. The molecule has 7 rings (SSSR count). The third-order valence-electron chi connectivity index (χ3n) is 9.32. The number of fused-ring (bicyclic) bond motifs is 2. The molecule has 3 aliphatic rings. The second-order valence-electron chi connectivity index (χ2n) is 12.3. The van der Waals surface area contributed by atoms with Crippen molar-refractivity contribution in [3.05, 3.63) is 96.2 Å². The summed E-state index contributed by atoms with van der Waals surface area (Å²) in [5, 5.41) is 12.6. The fourth-order valence-electron chi connectivity index (χ4n) is 6.95. The number of benzene rings is 3. The number of carbonyl (C=O) groups is 1. The zero-order valence-electron chi connectivity index (χ0n) is 25.6. The molecule has 9 nitrogen and oxygen atoms in total. The van der Waals surface area contributed by atoms with Gasteiger partial charge in [0.25, 0.3) is 0 Å². The van der Waals surface area contributed by atoms with Gasteiger partial charge in [0.1, 0.15) is 11.6 Å². The molecule has 1 aromatic heterocycles. The van der Waals surface area contributed by atoms with Gasteiger partial charge >= 0.3 is 6.01 Å². The zero-order chi connectivity index (χ0) is 30.8. The summed E-state index contributed by atoms with van der Waals surface area (Å²) in [5.74, 6) is 1.56. The maximum absolute atomic E-state index is 12.2. The number of hydrogen-bond donors (Lipinski definition) is 1. The Bertz CT molecular complexity index is 1690. The molecule has 3 aromatic carbocycles. The summed E-state index contributed by atoms with van der Waals surface area (Å²) in [7, 11) is 0. The van der Waals surface area contributed by atoms with Crippen LogP contribution in [0.5, 0.6) is 11.8 Å². The van der Waals surface area contributed by atoms with Gasteiger partial charge in [-0.05, 0) is 42.5 Å². The molecule has 9 heteroatoms. The number of amides is 1. The van der Waals surface area contributed by atoms with Crippen LogP contribution in [-0.2, 0) is 24.3 Å². The van der Waals surface area contributed by atoms with Crippen molar-refractivity contribution >= 4 is 28.2 Å². The van der Waals surface area contributed by atoms with E-state index in [9.17, 15) is 9.90 Å². The van der Waals surface area contributed by atoms with E-state index >= 15 is 0 Å². The Morgan fingerprint density at radius 2 is 1.76 bits per heavy atom. The van der Waals surface area contributed by atoms with Crippen molar-refractivity contribution in [3.63, 3.8) is 0 Å². The predicted octanol–water partition coefficient (Wildman–Crippen LogP) is 4.63. The lowest BCUT2D eigenvalue weighted by Crippen LogP contribution is -2.49. The first-order valence-corrected chi connectivity index (χ1v) is 16.0. The Morgan fingerprint density at radius 1 is 0.956 bits per heavy atom. The number of aromatic hydroxyl groups is 1. The van der Waals surface area contributed by atoms with Gasteiger partial charge in [0, 0.05) is 74.4 Å². The molecule has 1 N–H and O–H groups in total. The lowest BCUT2D eigenvalue weighted by Gasteiger charge is -2.38. The van der Waals surface area contributed by atoms with Gasteiger partial charge in [-0.15, -0.1) is 0 Å². The summed E-state index contributed by atoms with van der Waals surface area (Å²) < 4.78 is 6.38. The van der Waals surface area contributed by atoms with Crippen LogP contribution in [0.4, 0.5) is 11.5 Å². The molecule has 0 unspecified atom stereocenters. The molecule has 0 bridgehead atoms. The van der Waals surface area contributed by atoms with Gasteiger partial charge < -0.3 is 24.5 Å². The van der Waals surface area contributed by atoms with Gasteiger partial charge in [-0.1, -0.05) is 61.2 Å². The lowest BCUT2D eigenvalue weighted by atomic mass is 10.0. The minimum Gasteiger partial charge on any atom is -0.508 e. The molecule has 1 amide bonds. The molecule has 3 aliphatic heterocycles. The average Bonchev–Trinajstić information content (AvgIpc) is 3.53. The van der Waals surface area contributed by atoms with Crippen LogP contribution >= 0.6 is 0 Å². The SMILES string of the molecule is C=CC(=O)N1CCN(c2nc(OC[C@@H]3CCN(Cc4ccccc4)C3)nc3c2CCN(c2cc(O)cc4ccccc24)C3)CC1. The van der Waals surface area contributed by atoms with Crippen LogP contribution in [0.15, 0.2) is 79.4 Å². The Labute approximate surface area is 264 Å². The highest BCUT2D eigenvalue weighted by Crippen LogP contribution is 2.36. The summed E-state index contributed by atoms with van der Waals surface area (Å²) in [6.07, 6.45) is 3.25. The highest BCUT2D eigenvalue weighted by molar-refractivity contribution is 5.95. The summed E-state index contributed by atoms with van der Waals surface area (Å²) in [4.78, 5) is 31.1. The van der Waals surface area contributed by atoms with Crippen molar-refractivity contribution in [1.82, 2.24) is 19.8 Å². The van der Waals surface area contributed by atoms with Crippen LogP contribution in [0.25, 0.3) is 10.8 Å². The number of ether oxygens (including phenoxy) is 1. The minimum atomic E-state index is -0.0322. The fraction of sp³-hybridized carbons (Fsp3) is 0.361. The third-order valence-corrected chi connectivity index (χ3v) is 9.32. The quantitative estimate of drug-likeness (QED) is 0.292. The van der Waals surface area contributed by atoms with E-state index in [-0.39, 0.29) is 11.7 Å². The molecule has 0 spiro atoms. The molecular weight excluding hydrogens is 564 g/mol. The first kappa shape index (κ1) is 29.1. The number of anilines is 2. The van der Waals surface area contributed by atoms with E-state index in [4.69, 9.17) is 14.7 Å². The highest BCUT2D eigenvalue weighted by atomic mass is 16.5. The lowest BCUT2D eigenvalue weighted by molar-refractivity contribution is -0.126. The summed E-state index contributed by atoms with van der Waals surface area (Å²) in [5.41, 5.74) is 4.43. The number of phenolic OH excluding ortho intramolecular Hbond substituents is 1. The number of piperazine rings is 1. The maximum Gasteiger partial charge on any atom is 0.318 e. The molecule has 4 heterocycles. The van der Waals surface area contributed by atoms with Gasteiger partial charge in [0.2, 0.25) is 5.91 Å². The van der Waals surface area contributed by atoms with Gasteiger partial charge in [0.15, 0.2) is 0 Å². The van der Waals surface area contributed by atoms with Crippen LogP contribution in [0, 0.1) is 5.92 Å². The molecule has 4 aromatic rings. The van der Waals surface area contributed by atoms with Crippen molar-refractivity contribution in [3.8, 4) is 11.8 Å². The first-order chi connectivity index (χ1) is 22.0. The monoisotopic (exact) mass is 604 g/mol. The highest BCUT2D eigenvalue weighted by Gasteiger charge is 2.30. The number of phenols is 1.